The minimum atomic E-state index is -0.406. The number of aromatic nitrogens is 4. The Kier molecular flexibility index (Phi) is 2.16. The minimum Gasteiger partial charge on any atom is -0.383 e. The molecule has 0 radical (unpaired) electrons. The average molecular weight is 241 g/mol. The second kappa shape index (κ2) is 3.69. The lowest BCUT2D eigenvalue weighted by Gasteiger charge is -2.07. The number of nitrogens with zero attached hydrogens (tertiary/aromatic N) is 3. The van der Waals surface area contributed by atoms with Gasteiger partial charge in [-0.2, -0.15) is 10.1 Å². The molecule has 0 aliphatic carbocycles. The number of rotatable bonds is 1. The molecule has 0 bridgehead atoms. The second-order valence-corrected chi connectivity index (χ2v) is 4.12. The fraction of sp³-hybridized carbons (Fsp3) is 0.0833. The molecule has 0 saturated heterocycles. The van der Waals surface area contributed by atoms with Gasteiger partial charge in [-0.1, -0.05) is 0 Å². The zero-order valence-electron chi connectivity index (χ0n) is 9.71. The largest absolute Gasteiger partial charge is 0.383 e. The van der Waals surface area contributed by atoms with E-state index in [1.807, 2.05) is 19.1 Å². The van der Waals surface area contributed by atoms with E-state index in [9.17, 15) is 4.79 Å². The van der Waals surface area contributed by atoms with Gasteiger partial charge in [-0.15, -0.1) is 0 Å². The maximum atomic E-state index is 11.9. The molecule has 90 valence electrons. The molecule has 0 amide bonds. The number of nitrogens with one attached hydrogen (secondary N) is 1. The van der Waals surface area contributed by atoms with E-state index >= 15 is 0 Å². The molecule has 0 spiro atoms. The molecule has 0 fully saturated rings. The number of aryl methyl sites for hydroxylation is 1. The van der Waals surface area contributed by atoms with E-state index in [0.717, 1.165) is 22.2 Å². The van der Waals surface area contributed by atoms with Gasteiger partial charge in [0.1, 0.15) is 5.82 Å². The zero-order chi connectivity index (χ0) is 12.7. The molecule has 0 atom stereocenters. The maximum Gasteiger partial charge on any atom is 0.354 e. The van der Waals surface area contributed by atoms with Crippen LogP contribution in [0.15, 0.2) is 35.4 Å². The Balaban J connectivity index is 2.37. The van der Waals surface area contributed by atoms with Crippen molar-refractivity contribution in [1.29, 1.82) is 0 Å². The van der Waals surface area contributed by atoms with Crippen LogP contribution in [0.1, 0.15) is 5.56 Å². The summed E-state index contributed by atoms with van der Waals surface area (Å²) in [5, 5.41) is 7.83. The van der Waals surface area contributed by atoms with Crippen molar-refractivity contribution in [2.75, 3.05) is 5.73 Å². The predicted octanol–water partition coefficient (Wildman–Crippen LogP) is 0.999. The van der Waals surface area contributed by atoms with Gasteiger partial charge in [-0.05, 0) is 30.7 Å². The normalized spacial score (nSPS) is 10.9. The highest BCUT2D eigenvalue weighted by molar-refractivity contribution is 5.86. The average Bonchev–Trinajstić information content (AvgIpc) is 2.76. The van der Waals surface area contributed by atoms with Crippen molar-refractivity contribution in [3.63, 3.8) is 0 Å². The third kappa shape index (κ3) is 1.55. The fourth-order valence-corrected chi connectivity index (χ4v) is 1.97. The molecule has 6 nitrogen and oxygen atoms in total. The van der Waals surface area contributed by atoms with E-state index in [1.165, 1.54) is 4.57 Å². The van der Waals surface area contributed by atoms with Gasteiger partial charge in [-0.3, -0.25) is 9.67 Å². The molecule has 18 heavy (non-hydrogen) atoms. The molecule has 1 aromatic carbocycles. The summed E-state index contributed by atoms with van der Waals surface area (Å²) < 4.78 is 1.45. The monoisotopic (exact) mass is 241 g/mol. The van der Waals surface area contributed by atoms with E-state index < -0.39 is 5.69 Å². The first-order chi connectivity index (χ1) is 8.65. The summed E-state index contributed by atoms with van der Waals surface area (Å²) in [5.41, 5.74) is 7.64. The van der Waals surface area contributed by atoms with Crippen LogP contribution >= 0.6 is 0 Å². The van der Waals surface area contributed by atoms with Crippen LogP contribution in [0.25, 0.3) is 16.6 Å². The van der Waals surface area contributed by atoms with Gasteiger partial charge in [-0.25, -0.2) is 4.79 Å². The molecule has 3 N–H and O–H groups in total. The Morgan fingerprint density at radius 3 is 3.00 bits per heavy atom. The van der Waals surface area contributed by atoms with Crippen molar-refractivity contribution in [3.05, 3.63) is 46.6 Å². The van der Waals surface area contributed by atoms with Crippen LogP contribution in [0.3, 0.4) is 0 Å². The molecule has 2 aromatic heterocycles. The number of nitrogen functional groups attached to an aromatic ring is 1. The number of fused-ring (bicyclic) bond motifs is 1. The lowest BCUT2D eigenvalue weighted by molar-refractivity contribution is 0.920. The Morgan fingerprint density at radius 1 is 1.39 bits per heavy atom. The molecule has 3 rings (SSSR count). The van der Waals surface area contributed by atoms with Crippen molar-refractivity contribution in [2.24, 2.45) is 0 Å². The minimum absolute atomic E-state index is 0.213. The molecule has 0 saturated carbocycles. The Bertz CT molecular complexity index is 787. The van der Waals surface area contributed by atoms with Gasteiger partial charge in [0.2, 0.25) is 0 Å². The van der Waals surface area contributed by atoms with Crippen molar-refractivity contribution in [3.8, 4) is 5.69 Å². The van der Waals surface area contributed by atoms with E-state index in [2.05, 4.69) is 15.2 Å². The number of hydrogen-bond donors (Lipinski definition) is 2. The Morgan fingerprint density at radius 2 is 2.22 bits per heavy atom. The van der Waals surface area contributed by atoms with Crippen molar-refractivity contribution in [2.45, 2.75) is 6.92 Å². The highest BCUT2D eigenvalue weighted by Crippen LogP contribution is 2.20. The first kappa shape index (κ1) is 10.5. The van der Waals surface area contributed by atoms with E-state index in [1.54, 1.807) is 18.5 Å². The van der Waals surface area contributed by atoms with E-state index in [4.69, 9.17) is 5.73 Å². The Labute approximate surface area is 102 Å². The summed E-state index contributed by atoms with van der Waals surface area (Å²) >= 11 is 0. The van der Waals surface area contributed by atoms with E-state index in [0.29, 0.717) is 0 Å². The number of anilines is 1. The van der Waals surface area contributed by atoms with Crippen molar-refractivity contribution < 1.29 is 0 Å². The molecular weight excluding hydrogens is 230 g/mol. The van der Waals surface area contributed by atoms with Gasteiger partial charge in [0.15, 0.2) is 0 Å². The zero-order valence-corrected chi connectivity index (χ0v) is 9.71. The number of hydrogen-bond acceptors (Lipinski definition) is 4. The highest BCUT2D eigenvalue weighted by atomic mass is 16.1. The highest BCUT2D eigenvalue weighted by Gasteiger charge is 2.08. The summed E-state index contributed by atoms with van der Waals surface area (Å²) in [4.78, 5) is 15.6. The topological polar surface area (TPSA) is 89.6 Å². The third-order valence-corrected chi connectivity index (χ3v) is 2.76. The van der Waals surface area contributed by atoms with Gasteiger partial charge in [0.05, 0.1) is 17.4 Å². The smallest absolute Gasteiger partial charge is 0.354 e. The quantitative estimate of drug-likeness (QED) is 0.665. The standard InChI is InChI=1S/C12H11N5O/c1-7-4-8-6-14-16-11(8)9(5-7)17-3-2-10(13)15-12(17)18/h2-6H,1H3,(H,14,16)(H2,13,15,18). The number of H-pyrrole nitrogens is 1. The molecule has 2 heterocycles. The first-order valence-electron chi connectivity index (χ1n) is 5.44. The lowest BCUT2D eigenvalue weighted by Crippen LogP contribution is -2.21. The fourth-order valence-electron chi connectivity index (χ4n) is 1.97. The molecule has 0 aliphatic heterocycles. The summed E-state index contributed by atoms with van der Waals surface area (Å²) in [6, 6.07) is 5.49. The van der Waals surface area contributed by atoms with E-state index in [-0.39, 0.29) is 5.82 Å². The number of nitrogens with two attached hydrogens (primary N) is 1. The lowest BCUT2D eigenvalue weighted by atomic mass is 10.1. The second-order valence-electron chi connectivity index (χ2n) is 4.12. The molecule has 0 unspecified atom stereocenters. The van der Waals surface area contributed by atoms with Gasteiger partial charge < -0.3 is 5.73 Å². The van der Waals surface area contributed by atoms with Gasteiger partial charge in [0.25, 0.3) is 0 Å². The number of aromatic amines is 1. The van der Waals surface area contributed by atoms with Crippen LogP contribution in [0.4, 0.5) is 5.82 Å². The third-order valence-electron chi connectivity index (χ3n) is 2.76. The van der Waals surface area contributed by atoms with Gasteiger partial charge >= 0.3 is 5.69 Å². The summed E-state index contributed by atoms with van der Waals surface area (Å²) in [7, 11) is 0. The van der Waals surface area contributed by atoms with Crippen molar-refractivity contribution in [1.82, 2.24) is 19.7 Å². The van der Waals surface area contributed by atoms with Crippen LogP contribution in [0, 0.1) is 6.92 Å². The maximum absolute atomic E-state index is 11.9. The van der Waals surface area contributed by atoms with Crippen LogP contribution in [-0.2, 0) is 0 Å². The number of benzene rings is 1. The summed E-state index contributed by atoms with van der Waals surface area (Å²) in [6.45, 7) is 1.96. The van der Waals surface area contributed by atoms with Crippen molar-refractivity contribution >= 4 is 16.7 Å². The van der Waals surface area contributed by atoms with Crippen LogP contribution in [0.5, 0.6) is 0 Å². The molecule has 6 heteroatoms. The summed E-state index contributed by atoms with van der Waals surface area (Å²) in [5.74, 6) is 0.213. The van der Waals surface area contributed by atoms with Crippen LogP contribution < -0.4 is 11.4 Å². The Hall–Kier alpha value is -2.63. The summed E-state index contributed by atoms with van der Waals surface area (Å²) in [6.07, 6.45) is 3.33. The predicted molar refractivity (Wildman–Crippen MR) is 68.6 cm³/mol. The van der Waals surface area contributed by atoms with Crippen LogP contribution in [0.2, 0.25) is 0 Å². The molecular formula is C12H11N5O. The van der Waals surface area contributed by atoms with Crippen LogP contribution in [-0.4, -0.2) is 19.7 Å². The molecule has 3 aromatic rings. The first-order valence-corrected chi connectivity index (χ1v) is 5.44. The molecule has 0 aliphatic rings. The SMILES string of the molecule is Cc1cc(-n2ccc(N)nc2=O)c2[nH]ncc2c1. The van der Waals surface area contributed by atoms with Gasteiger partial charge in [0, 0.05) is 11.6 Å².